The summed E-state index contributed by atoms with van der Waals surface area (Å²) in [6.45, 7) is -0.175. The molecule has 1 amide bonds. The molecule has 0 unspecified atom stereocenters. The van der Waals surface area contributed by atoms with Gasteiger partial charge in [0.25, 0.3) is 11.6 Å². The molecule has 0 heterocycles. The van der Waals surface area contributed by atoms with E-state index in [2.05, 4.69) is 0 Å². The summed E-state index contributed by atoms with van der Waals surface area (Å²) in [5.41, 5.74) is 8.33. The number of non-ortho nitro benzene ring substituents is 1. The number of rotatable bonds is 5. The number of primary amides is 1. The van der Waals surface area contributed by atoms with Crippen LogP contribution in [0.4, 0.5) is 5.69 Å². The van der Waals surface area contributed by atoms with Crippen LogP contribution in [-0.4, -0.2) is 73.5 Å². The number of carbonyl (C=O) groups excluding carboxylic acids is 3. The first kappa shape index (κ1) is 28.0. The number of amides is 1. The lowest BCUT2D eigenvalue weighted by Gasteiger charge is -2.50. The topological polar surface area (TPSA) is 231 Å². The number of aliphatic hydroxyl groups excluding tert-OH is 2. The van der Waals surface area contributed by atoms with E-state index >= 15 is 0 Å². The molecule has 0 radical (unpaired) electrons. The van der Waals surface area contributed by atoms with E-state index in [1.807, 2.05) is 0 Å². The summed E-state index contributed by atoms with van der Waals surface area (Å²) in [4.78, 5) is 51.7. The minimum atomic E-state index is -2.76. The fourth-order valence-electron chi connectivity index (χ4n) is 6.57. The zero-order valence-corrected chi connectivity index (χ0v) is 22.1. The van der Waals surface area contributed by atoms with E-state index in [4.69, 9.17) is 11.5 Å². The molecule has 0 aliphatic heterocycles. The Balaban J connectivity index is 1.78. The van der Waals surface area contributed by atoms with Crippen molar-refractivity contribution in [2.75, 3.05) is 14.1 Å². The van der Waals surface area contributed by atoms with E-state index in [0.29, 0.717) is 16.7 Å². The summed E-state index contributed by atoms with van der Waals surface area (Å²) >= 11 is 0. The molecule has 0 spiro atoms. The molecule has 0 aromatic heterocycles. The van der Waals surface area contributed by atoms with Gasteiger partial charge in [0.05, 0.1) is 16.5 Å². The number of nitrogens with two attached hydrogens (primary N) is 2. The number of carbonyl (C=O) groups is 3. The maximum absolute atomic E-state index is 14.0. The van der Waals surface area contributed by atoms with Crippen LogP contribution in [0.5, 0.6) is 5.75 Å². The van der Waals surface area contributed by atoms with Crippen molar-refractivity contribution in [2.45, 2.75) is 31.0 Å². The Hall–Kier alpha value is -4.59. The second kappa shape index (κ2) is 9.51. The van der Waals surface area contributed by atoms with Crippen molar-refractivity contribution in [1.29, 1.82) is 0 Å². The Morgan fingerprint density at radius 3 is 2.46 bits per heavy atom. The van der Waals surface area contributed by atoms with E-state index in [0.717, 1.165) is 0 Å². The normalized spacial score (nSPS) is 25.6. The zero-order chi connectivity index (χ0) is 30.1. The van der Waals surface area contributed by atoms with Crippen LogP contribution in [-0.2, 0) is 27.3 Å². The monoisotopic (exact) mass is 564 g/mol. The third-order valence-corrected chi connectivity index (χ3v) is 8.39. The molecule has 13 nitrogen and oxygen atoms in total. The number of phenolic OH excluding ortho intramolecular Hbond substituents is 1. The Bertz CT molecular complexity index is 1630. The molecular formula is C28H28N4O9. The summed E-state index contributed by atoms with van der Waals surface area (Å²) in [6.07, 6.45) is -0.0511. The fraction of sp³-hybridized carbons (Fsp3) is 0.321. The summed E-state index contributed by atoms with van der Waals surface area (Å²) < 4.78 is 0. The van der Waals surface area contributed by atoms with E-state index in [1.54, 1.807) is 12.1 Å². The van der Waals surface area contributed by atoms with Crippen LogP contribution >= 0.6 is 0 Å². The van der Waals surface area contributed by atoms with Gasteiger partial charge in [-0.15, -0.1) is 0 Å². The van der Waals surface area contributed by atoms with Gasteiger partial charge in [-0.1, -0.05) is 12.1 Å². The molecule has 3 aliphatic rings. The molecular weight excluding hydrogens is 536 g/mol. The molecule has 8 N–H and O–H groups in total. The van der Waals surface area contributed by atoms with Gasteiger partial charge in [-0.25, -0.2) is 0 Å². The van der Waals surface area contributed by atoms with Crippen LogP contribution in [0, 0.1) is 22.0 Å². The number of phenols is 1. The first-order valence-corrected chi connectivity index (χ1v) is 12.7. The van der Waals surface area contributed by atoms with Crippen LogP contribution in [0.3, 0.4) is 0 Å². The number of hydrogen-bond donors (Lipinski definition) is 6. The third-order valence-electron chi connectivity index (χ3n) is 8.39. The number of aromatic hydroxyl groups is 1. The van der Waals surface area contributed by atoms with Crippen molar-refractivity contribution in [2.24, 2.45) is 23.3 Å². The lowest BCUT2D eigenvalue weighted by molar-refractivity contribution is -0.384. The van der Waals surface area contributed by atoms with Crippen LogP contribution in [0.2, 0.25) is 0 Å². The molecule has 41 heavy (non-hydrogen) atoms. The van der Waals surface area contributed by atoms with Crippen molar-refractivity contribution in [3.8, 4) is 16.9 Å². The molecule has 2 aromatic carbocycles. The van der Waals surface area contributed by atoms with Crippen LogP contribution in [0.25, 0.3) is 16.9 Å². The lowest BCUT2D eigenvalue weighted by atomic mass is 9.57. The summed E-state index contributed by atoms with van der Waals surface area (Å²) in [7, 11) is 3.03. The van der Waals surface area contributed by atoms with Gasteiger partial charge < -0.3 is 31.9 Å². The molecule has 1 fully saturated rings. The number of hydrogen-bond acceptors (Lipinski definition) is 11. The standard InChI is InChI=1S/C28H28N4O9/c1-31(2)21-17-9-12-7-16-15(11-4-3-5-14(6-11)32(40)41)8-13(10-29)22(33)19(16)23(34)18(12)25(36)28(17,39)26(37)20(24(21)35)27(30)38/h3-6,8,12,17,21,33-34,37,39H,7,9-10,29H2,1-2H3,(H2,30,38)/t12-,17+,21-,28+/m1/s1. The Labute approximate surface area is 233 Å². The fourth-order valence-corrected chi connectivity index (χ4v) is 6.57. The first-order chi connectivity index (χ1) is 19.2. The Kier molecular flexibility index (Phi) is 6.48. The van der Waals surface area contributed by atoms with E-state index in [9.17, 15) is 44.9 Å². The number of nitro groups is 1. The highest BCUT2D eigenvalue weighted by Crippen LogP contribution is 2.54. The second-order valence-electron chi connectivity index (χ2n) is 10.8. The van der Waals surface area contributed by atoms with Crippen LogP contribution < -0.4 is 11.5 Å². The quantitative estimate of drug-likeness (QED) is 0.170. The highest BCUT2D eigenvalue weighted by molar-refractivity contribution is 6.24. The van der Waals surface area contributed by atoms with Gasteiger partial charge in [0.15, 0.2) is 11.4 Å². The maximum atomic E-state index is 14.0. The zero-order valence-electron chi connectivity index (χ0n) is 22.1. The van der Waals surface area contributed by atoms with Crippen molar-refractivity contribution < 1.29 is 39.7 Å². The lowest BCUT2D eigenvalue weighted by Crippen LogP contribution is -2.65. The summed E-state index contributed by atoms with van der Waals surface area (Å²) in [5.74, 6) is -7.57. The molecule has 1 saturated carbocycles. The Morgan fingerprint density at radius 2 is 1.88 bits per heavy atom. The molecule has 4 atom stereocenters. The van der Waals surface area contributed by atoms with Gasteiger partial charge in [-0.2, -0.15) is 0 Å². The number of benzene rings is 2. The number of aliphatic hydroxyl groups is 3. The number of nitrogens with zero attached hydrogens (tertiary/aromatic N) is 2. The van der Waals surface area contributed by atoms with E-state index in [1.165, 1.54) is 37.2 Å². The number of ketones is 2. The number of fused-ring (bicyclic) bond motifs is 3. The third kappa shape index (κ3) is 3.84. The molecule has 3 aliphatic carbocycles. The predicted molar refractivity (Wildman–Crippen MR) is 144 cm³/mol. The van der Waals surface area contributed by atoms with Gasteiger partial charge in [0.1, 0.15) is 22.8 Å². The highest BCUT2D eigenvalue weighted by atomic mass is 16.6. The molecule has 5 rings (SSSR count). The van der Waals surface area contributed by atoms with E-state index < -0.39 is 68.7 Å². The van der Waals surface area contributed by atoms with Crippen molar-refractivity contribution >= 4 is 28.9 Å². The minimum Gasteiger partial charge on any atom is -0.508 e. The smallest absolute Gasteiger partial charge is 0.270 e. The van der Waals surface area contributed by atoms with Gasteiger partial charge >= 0.3 is 0 Å². The maximum Gasteiger partial charge on any atom is 0.270 e. The molecule has 2 aromatic rings. The van der Waals surface area contributed by atoms with Gasteiger partial charge in [0.2, 0.25) is 5.78 Å². The van der Waals surface area contributed by atoms with Crippen molar-refractivity contribution in [3.05, 3.63) is 74.0 Å². The second-order valence-corrected chi connectivity index (χ2v) is 10.8. The first-order valence-electron chi connectivity index (χ1n) is 12.7. The molecule has 13 heteroatoms. The predicted octanol–water partition coefficient (Wildman–Crippen LogP) is 0.998. The largest absolute Gasteiger partial charge is 0.508 e. The molecule has 0 saturated heterocycles. The van der Waals surface area contributed by atoms with Crippen LogP contribution in [0.1, 0.15) is 23.1 Å². The average Bonchev–Trinajstić information content (AvgIpc) is 2.90. The van der Waals surface area contributed by atoms with Gasteiger partial charge in [0, 0.05) is 35.7 Å². The number of nitro benzene ring substituents is 1. The Morgan fingerprint density at radius 1 is 1.20 bits per heavy atom. The number of Topliss-reactive ketones (excluding diaryl/α,β-unsaturated/α-hetero) is 2. The van der Waals surface area contributed by atoms with Crippen LogP contribution in [0.15, 0.2) is 47.2 Å². The molecule has 0 bridgehead atoms. The highest BCUT2D eigenvalue weighted by Gasteiger charge is 2.64. The van der Waals surface area contributed by atoms with Gasteiger partial charge in [-0.05, 0) is 55.6 Å². The van der Waals surface area contributed by atoms with Crippen molar-refractivity contribution in [1.82, 2.24) is 4.90 Å². The van der Waals surface area contributed by atoms with Gasteiger partial charge in [-0.3, -0.25) is 29.4 Å². The summed E-state index contributed by atoms with van der Waals surface area (Å²) in [5, 5.41) is 56.7. The average molecular weight is 565 g/mol. The van der Waals surface area contributed by atoms with E-state index in [-0.39, 0.29) is 41.8 Å². The number of likely N-dealkylation sites (N-methyl/N-ethyl adjacent to an activating group) is 1. The minimum absolute atomic E-state index is 0.0327. The molecule has 214 valence electrons. The summed E-state index contributed by atoms with van der Waals surface area (Å²) in [6, 6.07) is 6.12. The van der Waals surface area contributed by atoms with Crippen molar-refractivity contribution in [3.63, 3.8) is 0 Å². The SMILES string of the molecule is CN(C)[C@H]1C(=O)C(C(N)=O)=C(O)[C@@]2(O)C(=O)C3=C(O)c4c(O)c(CN)cc(-c5cccc([N+](=O)[O-])c5)c4C[C@@H]3C[C@@H]12.